The molecule has 6 aliphatic rings. The van der Waals surface area contributed by atoms with Crippen molar-refractivity contribution in [2.75, 3.05) is 94.9 Å². The van der Waals surface area contributed by atoms with E-state index in [2.05, 4.69) is 52.0 Å². The number of carbonyl (C=O) groups is 3. The molecule has 3 amide bonds. The van der Waals surface area contributed by atoms with E-state index in [4.69, 9.17) is 14.7 Å². The van der Waals surface area contributed by atoms with E-state index in [9.17, 15) is 19.5 Å². The Morgan fingerprint density at radius 2 is 1.68 bits per heavy atom. The number of halogens is 2. The number of piperidine rings is 4. The number of imide groups is 1. The van der Waals surface area contributed by atoms with E-state index in [0.29, 0.717) is 64.0 Å². The summed E-state index contributed by atoms with van der Waals surface area (Å²) in [6.45, 7) is 16.5. The minimum atomic E-state index is -0.731. The van der Waals surface area contributed by atoms with Gasteiger partial charge >= 0.3 is 6.01 Å². The Morgan fingerprint density at radius 1 is 0.878 bits per heavy atom. The van der Waals surface area contributed by atoms with Crippen LogP contribution in [0.25, 0.3) is 32.9 Å². The van der Waals surface area contributed by atoms with Crippen molar-refractivity contribution in [1.29, 1.82) is 0 Å². The monoisotopic (exact) mass is 1010 g/mol. The summed E-state index contributed by atoms with van der Waals surface area (Å²) in [7, 11) is 0. The molecule has 5 aliphatic heterocycles. The zero-order valence-corrected chi connectivity index (χ0v) is 42.8. The van der Waals surface area contributed by atoms with Crippen molar-refractivity contribution in [1.82, 2.24) is 45.3 Å². The number of nitrogens with one attached hydrogen (secondary N) is 2. The Morgan fingerprint density at radius 3 is 2.39 bits per heavy atom. The van der Waals surface area contributed by atoms with Crippen LogP contribution in [0.15, 0.2) is 48.8 Å². The van der Waals surface area contributed by atoms with Crippen LogP contribution in [0.5, 0.6) is 11.8 Å². The minimum Gasteiger partial charge on any atom is -0.508 e. The predicted molar refractivity (Wildman–Crippen MR) is 279 cm³/mol. The first-order valence-corrected chi connectivity index (χ1v) is 27.1. The largest absolute Gasteiger partial charge is 0.508 e. The molecule has 2 aromatic carbocycles. The third-order valence-electron chi connectivity index (χ3n) is 16.9. The normalized spacial score (nSPS) is 22.6. The lowest BCUT2D eigenvalue weighted by Crippen LogP contribution is -2.54. The lowest BCUT2D eigenvalue weighted by atomic mass is 9.94. The van der Waals surface area contributed by atoms with Crippen molar-refractivity contribution in [3.8, 4) is 23.0 Å². The number of hydrogen-bond donors (Lipinski definition) is 3. The first kappa shape index (κ1) is 50.1. The fourth-order valence-corrected chi connectivity index (χ4v) is 12.4. The number of benzene rings is 2. The first-order chi connectivity index (χ1) is 35.9. The summed E-state index contributed by atoms with van der Waals surface area (Å²) in [5.41, 5.74) is 2.10. The van der Waals surface area contributed by atoms with E-state index < -0.39 is 23.7 Å². The van der Waals surface area contributed by atoms with Gasteiger partial charge in [-0.1, -0.05) is 19.9 Å². The highest BCUT2D eigenvalue weighted by atomic mass is 19.1. The first-order valence-electron chi connectivity index (χ1n) is 27.1. The maximum absolute atomic E-state index is 17.1. The standard InChI is InChI=1S/C56H69F2N11O5/c1-3-41-44(57)8-6-37-27-40(70)28-42(48(37)41)50-49(58)51-43(30-60-50)52(69-18-4-5-35(2)31-69)64-55(63-51)74-34-56(16-17-56)33-66-23-25-68(26-24-66)38-14-19-65(20-15-38)32-36-12-21-67(22-13-36)39-7-9-45(59-29-39)53(72)61-46-10-11-47(71)62-54(46)73/h6-9,27-30,35-36,38,46,70H,3-5,10-26,31-34H2,1-2H3,(H,61,72)(H,62,71,73)/t35-,46?/m0/s1. The van der Waals surface area contributed by atoms with Gasteiger partial charge < -0.3 is 34.8 Å². The Balaban J connectivity index is 0.663. The van der Waals surface area contributed by atoms with Gasteiger partial charge in [0.1, 0.15) is 40.3 Å². The van der Waals surface area contributed by atoms with Crippen LogP contribution in [0, 0.1) is 28.9 Å². The summed E-state index contributed by atoms with van der Waals surface area (Å²) in [5, 5.41) is 17.3. The Hall–Kier alpha value is -6.11. The second kappa shape index (κ2) is 21.3. The molecule has 392 valence electrons. The van der Waals surface area contributed by atoms with Gasteiger partial charge in [0.05, 0.1) is 23.9 Å². The highest BCUT2D eigenvalue weighted by Crippen LogP contribution is 2.47. The smallest absolute Gasteiger partial charge is 0.319 e. The zero-order valence-electron chi connectivity index (χ0n) is 42.8. The highest BCUT2D eigenvalue weighted by molar-refractivity contribution is 6.04. The molecule has 0 radical (unpaired) electrons. The Bertz CT molecular complexity index is 2900. The minimum absolute atomic E-state index is 0.000952. The summed E-state index contributed by atoms with van der Waals surface area (Å²) in [5.74, 6) is -0.604. The molecule has 2 atom stereocenters. The predicted octanol–water partition coefficient (Wildman–Crippen LogP) is 6.72. The molecule has 0 bridgehead atoms. The van der Waals surface area contributed by atoms with Gasteiger partial charge in [-0.05, 0) is 136 Å². The second-order valence-corrected chi connectivity index (χ2v) is 22.1. The fourth-order valence-electron chi connectivity index (χ4n) is 12.4. The number of fused-ring (bicyclic) bond motifs is 2. The number of aromatic hydroxyl groups is 1. The van der Waals surface area contributed by atoms with Crippen LogP contribution in [0.3, 0.4) is 0 Å². The van der Waals surface area contributed by atoms with Gasteiger partial charge in [0.25, 0.3) is 5.91 Å². The van der Waals surface area contributed by atoms with Crippen LogP contribution in [0.4, 0.5) is 20.3 Å². The van der Waals surface area contributed by atoms with E-state index in [1.54, 1.807) is 30.6 Å². The highest BCUT2D eigenvalue weighted by Gasteiger charge is 2.46. The number of phenolic OH excluding ortho intramolecular Hbond substituents is 1. The number of carbonyl (C=O) groups excluding carboxylic acids is 3. The Kier molecular flexibility index (Phi) is 14.4. The number of aryl methyl sites for hydroxylation is 1. The van der Waals surface area contributed by atoms with Gasteiger partial charge in [0, 0.05) is 95.1 Å². The lowest BCUT2D eigenvalue weighted by Gasteiger charge is -2.44. The lowest BCUT2D eigenvalue weighted by molar-refractivity contribution is -0.134. The van der Waals surface area contributed by atoms with E-state index >= 15 is 8.78 Å². The number of amides is 3. The maximum Gasteiger partial charge on any atom is 0.319 e. The summed E-state index contributed by atoms with van der Waals surface area (Å²) in [6.07, 6.45) is 13.1. The SMILES string of the molecule is CCc1c(F)ccc2cc(O)cc(-c3ncc4c(N5CCC[C@H](C)C5)nc(OCC5(CN6CCN(C7CCN(CC8CCN(c9ccc(C(=O)NC%10CCC(=O)NC%10=O)nc9)CC8)CC7)CC6)CC5)nc4c3F)c12. The zero-order chi connectivity index (χ0) is 51.1. The summed E-state index contributed by atoms with van der Waals surface area (Å²) >= 11 is 0. The number of phenols is 1. The molecular weight excluding hydrogens is 945 g/mol. The van der Waals surface area contributed by atoms with Crippen LogP contribution in [-0.4, -0.2) is 155 Å². The quantitative estimate of drug-likeness (QED) is 0.100. The van der Waals surface area contributed by atoms with Gasteiger partial charge in [-0.15, -0.1) is 0 Å². The van der Waals surface area contributed by atoms with E-state index in [0.717, 1.165) is 123 Å². The molecule has 3 aromatic heterocycles. The van der Waals surface area contributed by atoms with Crippen LogP contribution in [0.2, 0.25) is 0 Å². The number of rotatable bonds is 14. The second-order valence-electron chi connectivity index (χ2n) is 22.1. The molecule has 18 heteroatoms. The van der Waals surface area contributed by atoms with Crippen LogP contribution in [-0.2, 0) is 16.0 Å². The van der Waals surface area contributed by atoms with Crippen LogP contribution in [0.1, 0.15) is 94.1 Å². The molecule has 3 N–H and O–H groups in total. The van der Waals surface area contributed by atoms with Gasteiger partial charge in [0.15, 0.2) is 5.82 Å². The number of piperazine rings is 1. The maximum atomic E-state index is 17.1. The van der Waals surface area contributed by atoms with Crippen molar-refractivity contribution in [2.45, 2.75) is 96.6 Å². The molecule has 5 saturated heterocycles. The average molecular weight is 1010 g/mol. The molecule has 1 unspecified atom stereocenters. The van der Waals surface area contributed by atoms with E-state index in [1.807, 2.05) is 13.0 Å². The van der Waals surface area contributed by atoms with Crippen molar-refractivity contribution in [2.24, 2.45) is 17.3 Å². The van der Waals surface area contributed by atoms with E-state index in [1.165, 1.54) is 25.0 Å². The summed E-state index contributed by atoms with van der Waals surface area (Å²) in [6, 6.07) is 9.67. The number of aromatic nitrogens is 4. The molecular formula is C56H69F2N11O5. The van der Waals surface area contributed by atoms with Crippen molar-refractivity contribution < 1.29 is 33.0 Å². The number of nitrogens with zero attached hydrogens (tertiary/aromatic N) is 9. The van der Waals surface area contributed by atoms with Crippen LogP contribution < -0.4 is 25.2 Å². The summed E-state index contributed by atoms with van der Waals surface area (Å²) < 4.78 is 38.8. The van der Waals surface area contributed by atoms with Gasteiger partial charge in [0.2, 0.25) is 11.8 Å². The van der Waals surface area contributed by atoms with Crippen LogP contribution >= 0.6 is 0 Å². The van der Waals surface area contributed by atoms with Crippen molar-refractivity contribution in [3.05, 3.63) is 71.7 Å². The van der Waals surface area contributed by atoms with Gasteiger partial charge in [-0.25, -0.2) is 13.8 Å². The van der Waals surface area contributed by atoms with E-state index in [-0.39, 0.29) is 58.6 Å². The molecule has 0 spiro atoms. The number of ether oxygens (including phenoxy) is 1. The third-order valence-corrected chi connectivity index (χ3v) is 16.9. The van der Waals surface area contributed by atoms with Crippen molar-refractivity contribution in [3.63, 3.8) is 0 Å². The molecule has 8 heterocycles. The number of pyridine rings is 2. The average Bonchev–Trinajstić information content (AvgIpc) is 4.18. The molecule has 16 nitrogen and oxygen atoms in total. The molecule has 5 aromatic rings. The van der Waals surface area contributed by atoms with Gasteiger partial charge in [-0.2, -0.15) is 9.97 Å². The number of likely N-dealkylation sites (tertiary alicyclic amines) is 1. The fraction of sp³-hybridized carbons (Fsp3) is 0.554. The van der Waals surface area contributed by atoms with Gasteiger partial charge in [-0.3, -0.25) is 29.6 Å². The number of anilines is 2. The molecule has 6 fully saturated rings. The molecule has 11 rings (SSSR count). The van der Waals surface area contributed by atoms with Crippen molar-refractivity contribution >= 4 is 50.9 Å². The molecule has 74 heavy (non-hydrogen) atoms. The third kappa shape index (κ3) is 10.7. The topological polar surface area (TPSA) is 172 Å². The number of hydrogen-bond acceptors (Lipinski definition) is 14. The molecule has 1 saturated carbocycles. The summed E-state index contributed by atoms with van der Waals surface area (Å²) in [4.78, 5) is 67.6. The molecule has 1 aliphatic carbocycles. The Labute approximate surface area is 431 Å².